The fraction of sp³-hybridized carbons (Fsp3) is 0.429. The van der Waals surface area contributed by atoms with E-state index in [-0.39, 0.29) is 5.56 Å². The molecule has 0 amide bonds. The number of nitrogens with one attached hydrogen (secondary N) is 1. The minimum atomic E-state index is -2.40. The van der Waals surface area contributed by atoms with E-state index in [1.54, 1.807) is 12.1 Å². The Morgan fingerprint density at radius 3 is 2.56 bits per heavy atom. The zero-order valence-corrected chi connectivity index (χ0v) is 10.4. The van der Waals surface area contributed by atoms with Crippen LogP contribution in [0.15, 0.2) is 36.9 Å². The van der Waals surface area contributed by atoms with E-state index in [0.29, 0.717) is 19.8 Å². The molecule has 4 heteroatoms. The lowest BCUT2D eigenvalue weighted by Crippen LogP contribution is -2.19. The molecule has 0 saturated heterocycles. The molecule has 0 aliphatic heterocycles. The molecule has 1 rings (SSSR count). The van der Waals surface area contributed by atoms with Crippen LogP contribution in [0.25, 0.3) is 0 Å². The zero-order chi connectivity index (χ0) is 13.2. The lowest BCUT2D eigenvalue weighted by Gasteiger charge is -2.06. The number of hydrogen-bond donors (Lipinski definition) is 1. The Labute approximate surface area is 107 Å². The Morgan fingerprint density at radius 1 is 1.22 bits per heavy atom. The van der Waals surface area contributed by atoms with Crippen LogP contribution in [0.3, 0.4) is 0 Å². The van der Waals surface area contributed by atoms with Gasteiger partial charge in [-0.25, -0.2) is 8.78 Å². The van der Waals surface area contributed by atoms with E-state index in [1.807, 2.05) is 6.08 Å². The summed E-state index contributed by atoms with van der Waals surface area (Å²) >= 11 is 0. The Bertz CT molecular complexity index is 338. The second kappa shape index (κ2) is 8.78. The van der Waals surface area contributed by atoms with Crippen LogP contribution < -0.4 is 5.32 Å². The van der Waals surface area contributed by atoms with Gasteiger partial charge in [0.25, 0.3) is 6.43 Å². The van der Waals surface area contributed by atoms with Crippen molar-refractivity contribution < 1.29 is 13.5 Å². The van der Waals surface area contributed by atoms with Gasteiger partial charge in [0, 0.05) is 18.7 Å². The molecular formula is C14H19F2NO. The largest absolute Gasteiger partial charge is 0.380 e. The molecule has 1 aromatic carbocycles. The van der Waals surface area contributed by atoms with Crippen LogP contribution in [0, 0.1) is 0 Å². The van der Waals surface area contributed by atoms with E-state index in [4.69, 9.17) is 4.74 Å². The summed E-state index contributed by atoms with van der Waals surface area (Å²) in [4.78, 5) is 0. The molecule has 0 bridgehead atoms. The van der Waals surface area contributed by atoms with E-state index in [0.717, 1.165) is 18.5 Å². The van der Waals surface area contributed by atoms with Crippen molar-refractivity contribution >= 4 is 0 Å². The molecule has 0 aliphatic carbocycles. The van der Waals surface area contributed by atoms with Crippen LogP contribution in [0.2, 0.25) is 0 Å². The summed E-state index contributed by atoms with van der Waals surface area (Å²) in [6, 6.07) is 6.35. The Kier molecular flexibility index (Phi) is 7.22. The normalized spacial score (nSPS) is 10.8. The van der Waals surface area contributed by atoms with E-state index in [9.17, 15) is 8.78 Å². The van der Waals surface area contributed by atoms with Crippen molar-refractivity contribution in [3.05, 3.63) is 48.0 Å². The predicted octanol–water partition coefficient (Wildman–Crippen LogP) is 3.31. The van der Waals surface area contributed by atoms with Gasteiger partial charge in [0.2, 0.25) is 0 Å². The SMILES string of the molecule is C=CCCOCCNCc1ccc(C(F)F)cc1. The maximum atomic E-state index is 12.3. The van der Waals surface area contributed by atoms with E-state index in [2.05, 4.69) is 11.9 Å². The number of rotatable bonds is 9. The molecule has 0 saturated carbocycles. The first-order valence-electron chi connectivity index (χ1n) is 6.00. The molecule has 0 atom stereocenters. The molecule has 0 unspecified atom stereocenters. The first kappa shape index (κ1) is 14.8. The highest BCUT2D eigenvalue weighted by Gasteiger charge is 2.05. The molecule has 0 heterocycles. The van der Waals surface area contributed by atoms with Gasteiger partial charge in [0.1, 0.15) is 0 Å². The van der Waals surface area contributed by atoms with Crippen LogP contribution in [0.1, 0.15) is 24.0 Å². The van der Waals surface area contributed by atoms with Gasteiger partial charge in [-0.1, -0.05) is 30.3 Å². The molecule has 1 N–H and O–H groups in total. The minimum absolute atomic E-state index is 0.0616. The van der Waals surface area contributed by atoms with Crippen molar-refractivity contribution in [1.82, 2.24) is 5.32 Å². The summed E-state index contributed by atoms with van der Waals surface area (Å²) in [6.45, 7) is 6.34. The second-order valence-corrected chi connectivity index (χ2v) is 3.91. The van der Waals surface area contributed by atoms with Crippen LogP contribution in [0.5, 0.6) is 0 Å². The Hall–Kier alpha value is -1.26. The topological polar surface area (TPSA) is 21.3 Å². The number of alkyl halides is 2. The van der Waals surface area contributed by atoms with Gasteiger partial charge in [-0.2, -0.15) is 0 Å². The smallest absolute Gasteiger partial charge is 0.263 e. The highest BCUT2D eigenvalue weighted by Crippen LogP contribution is 2.18. The zero-order valence-electron chi connectivity index (χ0n) is 10.4. The van der Waals surface area contributed by atoms with Gasteiger partial charge in [-0.05, 0) is 12.0 Å². The van der Waals surface area contributed by atoms with Crippen LogP contribution in [-0.2, 0) is 11.3 Å². The Morgan fingerprint density at radius 2 is 1.94 bits per heavy atom. The van der Waals surface area contributed by atoms with Crippen molar-refractivity contribution in [3.8, 4) is 0 Å². The van der Waals surface area contributed by atoms with Crippen LogP contribution in [-0.4, -0.2) is 19.8 Å². The third kappa shape index (κ3) is 5.89. The average Bonchev–Trinajstić information content (AvgIpc) is 2.38. The predicted molar refractivity (Wildman–Crippen MR) is 68.7 cm³/mol. The van der Waals surface area contributed by atoms with Crippen molar-refractivity contribution in [2.45, 2.75) is 19.4 Å². The van der Waals surface area contributed by atoms with Crippen molar-refractivity contribution in [1.29, 1.82) is 0 Å². The van der Waals surface area contributed by atoms with Gasteiger partial charge in [-0.3, -0.25) is 0 Å². The monoisotopic (exact) mass is 255 g/mol. The molecule has 2 nitrogen and oxygen atoms in total. The van der Waals surface area contributed by atoms with Gasteiger partial charge < -0.3 is 10.1 Å². The number of hydrogen-bond acceptors (Lipinski definition) is 2. The summed E-state index contributed by atoms with van der Waals surface area (Å²) in [5, 5.41) is 3.19. The molecule has 100 valence electrons. The maximum Gasteiger partial charge on any atom is 0.263 e. The summed E-state index contributed by atoms with van der Waals surface area (Å²) < 4.78 is 30.0. The quantitative estimate of drug-likeness (QED) is 0.540. The maximum absolute atomic E-state index is 12.3. The van der Waals surface area contributed by atoms with Crippen LogP contribution in [0.4, 0.5) is 8.78 Å². The third-order valence-electron chi connectivity index (χ3n) is 2.45. The highest BCUT2D eigenvalue weighted by atomic mass is 19.3. The summed E-state index contributed by atoms with van der Waals surface area (Å²) in [6.07, 6.45) is 0.276. The van der Waals surface area contributed by atoms with Gasteiger partial charge >= 0.3 is 0 Å². The lowest BCUT2D eigenvalue weighted by molar-refractivity contribution is 0.140. The standard InChI is InChI=1S/C14H19F2NO/c1-2-3-9-18-10-8-17-11-12-4-6-13(7-5-12)14(15)16/h2,4-7,14,17H,1,3,8-11H2. The van der Waals surface area contributed by atoms with Gasteiger partial charge in [0.05, 0.1) is 13.2 Å². The first-order valence-corrected chi connectivity index (χ1v) is 6.00. The van der Waals surface area contributed by atoms with E-state index < -0.39 is 6.43 Å². The van der Waals surface area contributed by atoms with Crippen molar-refractivity contribution in [3.63, 3.8) is 0 Å². The first-order chi connectivity index (χ1) is 8.74. The molecule has 18 heavy (non-hydrogen) atoms. The summed E-state index contributed by atoms with van der Waals surface area (Å²) in [7, 11) is 0. The minimum Gasteiger partial charge on any atom is -0.380 e. The van der Waals surface area contributed by atoms with Crippen molar-refractivity contribution in [2.24, 2.45) is 0 Å². The number of halogens is 2. The molecule has 0 spiro atoms. The molecule has 0 aliphatic rings. The molecule has 1 aromatic rings. The lowest BCUT2D eigenvalue weighted by atomic mass is 10.1. The fourth-order valence-electron chi connectivity index (χ4n) is 1.43. The third-order valence-corrected chi connectivity index (χ3v) is 2.45. The number of ether oxygens (including phenoxy) is 1. The molecule has 0 aromatic heterocycles. The fourth-order valence-corrected chi connectivity index (χ4v) is 1.43. The van der Waals surface area contributed by atoms with Gasteiger partial charge in [-0.15, -0.1) is 6.58 Å². The van der Waals surface area contributed by atoms with Crippen LogP contribution >= 0.6 is 0 Å². The molecule has 0 fully saturated rings. The highest BCUT2D eigenvalue weighted by molar-refractivity contribution is 5.23. The average molecular weight is 255 g/mol. The second-order valence-electron chi connectivity index (χ2n) is 3.91. The van der Waals surface area contributed by atoms with E-state index >= 15 is 0 Å². The van der Waals surface area contributed by atoms with E-state index in [1.165, 1.54) is 12.1 Å². The number of benzene rings is 1. The summed E-state index contributed by atoms with van der Waals surface area (Å²) in [5.41, 5.74) is 1.05. The molecule has 0 radical (unpaired) electrons. The van der Waals surface area contributed by atoms with Crippen molar-refractivity contribution in [2.75, 3.05) is 19.8 Å². The molecular weight excluding hydrogens is 236 g/mol. The Balaban J connectivity index is 2.13. The van der Waals surface area contributed by atoms with Gasteiger partial charge in [0.15, 0.2) is 0 Å². The summed E-state index contributed by atoms with van der Waals surface area (Å²) in [5.74, 6) is 0.